The molecule has 0 fully saturated rings. The Morgan fingerprint density at radius 3 is 2.37 bits per heavy atom. The van der Waals surface area contributed by atoms with E-state index < -0.39 is 0 Å². The highest BCUT2D eigenvalue weighted by molar-refractivity contribution is 7.14. The Kier molecular flexibility index (Phi) is 6.01. The molecular weight excluding hydrogens is 352 g/mol. The normalized spacial score (nSPS) is 12.5. The standard InChI is InChI=1S/C22H26N4S/c1-6-20(18-10-8-7-9-11-18)23-19-12-13-21(15(2)14-19)24-25-22-26(5)16(3)17(4)27-22/h7-14,20H,6H2,1-5H3/p+1. The Labute approximate surface area is 165 Å². The second-order valence-corrected chi connectivity index (χ2v) is 7.98. The van der Waals surface area contributed by atoms with Gasteiger partial charge in [0.05, 0.1) is 23.1 Å². The fraction of sp³-hybridized carbons (Fsp3) is 0.318. The van der Waals surface area contributed by atoms with Gasteiger partial charge in [0.1, 0.15) is 11.4 Å². The lowest BCUT2D eigenvalue weighted by Gasteiger charge is -2.19. The third-order valence-corrected chi connectivity index (χ3v) is 6.07. The van der Waals surface area contributed by atoms with Crippen molar-refractivity contribution in [2.24, 2.45) is 17.3 Å². The van der Waals surface area contributed by atoms with Gasteiger partial charge >= 0.3 is 5.13 Å². The van der Waals surface area contributed by atoms with E-state index in [0.29, 0.717) is 6.04 Å². The Balaban J connectivity index is 1.77. The highest BCUT2D eigenvalue weighted by Crippen LogP contribution is 2.29. The predicted octanol–water partition coefficient (Wildman–Crippen LogP) is 6.48. The largest absolute Gasteiger partial charge is 0.408 e. The molecule has 0 amide bonds. The van der Waals surface area contributed by atoms with Gasteiger partial charge in [-0.25, -0.2) is 4.57 Å². The van der Waals surface area contributed by atoms with Gasteiger partial charge in [-0.3, -0.25) is 0 Å². The lowest BCUT2D eigenvalue weighted by molar-refractivity contribution is -0.660. The van der Waals surface area contributed by atoms with Gasteiger partial charge in [0.15, 0.2) is 0 Å². The first-order valence-corrected chi connectivity index (χ1v) is 10.1. The Morgan fingerprint density at radius 1 is 1.04 bits per heavy atom. The molecule has 3 aromatic rings. The topological polar surface area (TPSA) is 40.6 Å². The van der Waals surface area contributed by atoms with Crippen molar-refractivity contribution in [3.05, 3.63) is 70.2 Å². The molecule has 2 aromatic carbocycles. The summed E-state index contributed by atoms with van der Waals surface area (Å²) in [4.78, 5) is 1.27. The molecule has 5 heteroatoms. The van der Waals surface area contributed by atoms with Crippen molar-refractivity contribution in [1.29, 1.82) is 0 Å². The number of anilines is 1. The summed E-state index contributed by atoms with van der Waals surface area (Å²) in [5, 5.41) is 13.5. The predicted molar refractivity (Wildman–Crippen MR) is 113 cm³/mol. The maximum absolute atomic E-state index is 4.48. The number of rotatable bonds is 6. The number of hydrogen-bond acceptors (Lipinski definition) is 4. The monoisotopic (exact) mass is 379 g/mol. The van der Waals surface area contributed by atoms with Crippen LogP contribution in [0.5, 0.6) is 0 Å². The molecule has 0 saturated carbocycles. The molecule has 0 aliphatic carbocycles. The van der Waals surface area contributed by atoms with Crippen LogP contribution in [0.2, 0.25) is 0 Å². The van der Waals surface area contributed by atoms with Gasteiger partial charge < -0.3 is 5.32 Å². The lowest BCUT2D eigenvalue weighted by atomic mass is 10.0. The molecule has 0 bridgehead atoms. The van der Waals surface area contributed by atoms with Crippen molar-refractivity contribution in [1.82, 2.24) is 0 Å². The van der Waals surface area contributed by atoms with E-state index in [0.717, 1.165) is 28.5 Å². The second-order valence-electron chi connectivity index (χ2n) is 6.80. The van der Waals surface area contributed by atoms with E-state index in [4.69, 9.17) is 0 Å². The molecule has 0 radical (unpaired) electrons. The average Bonchev–Trinajstić information content (AvgIpc) is 2.93. The molecule has 1 aromatic heterocycles. The summed E-state index contributed by atoms with van der Waals surface area (Å²) in [6.07, 6.45) is 1.03. The van der Waals surface area contributed by atoms with Crippen molar-refractivity contribution in [2.75, 3.05) is 5.32 Å². The number of nitrogens with one attached hydrogen (secondary N) is 1. The molecule has 1 N–H and O–H groups in total. The number of benzene rings is 2. The second kappa shape index (κ2) is 8.44. The average molecular weight is 380 g/mol. The molecule has 1 heterocycles. The zero-order valence-corrected chi connectivity index (χ0v) is 17.5. The van der Waals surface area contributed by atoms with E-state index in [1.165, 1.54) is 16.1 Å². The third kappa shape index (κ3) is 4.42. The smallest absolute Gasteiger partial charge is 0.378 e. The van der Waals surface area contributed by atoms with Crippen molar-refractivity contribution in [2.45, 2.75) is 40.2 Å². The minimum Gasteiger partial charge on any atom is -0.378 e. The van der Waals surface area contributed by atoms with Crippen molar-refractivity contribution < 1.29 is 4.57 Å². The minimum atomic E-state index is 0.300. The Hall–Kier alpha value is -2.53. The van der Waals surface area contributed by atoms with Crippen molar-refractivity contribution >= 4 is 27.8 Å². The van der Waals surface area contributed by atoms with E-state index in [9.17, 15) is 0 Å². The van der Waals surface area contributed by atoms with Crippen LogP contribution in [-0.2, 0) is 7.05 Å². The summed E-state index contributed by atoms with van der Waals surface area (Å²) in [5.74, 6) is 0. The highest BCUT2D eigenvalue weighted by atomic mass is 32.1. The summed E-state index contributed by atoms with van der Waals surface area (Å²) in [5.41, 5.74) is 5.65. The number of nitrogens with zero attached hydrogens (tertiary/aromatic N) is 3. The highest BCUT2D eigenvalue weighted by Gasteiger charge is 2.16. The van der Waals surface area contributed by atoms with Gasteiger partial charge in [-0.1, -0.05) is 37.3 Å². The summed E-state index contributed by atoms with van der Waals surface area (Å²) in [6, 6.07) is 17.1. The zero-order chi connectivity index (χ0) is 19.4. The molecule has 1 atom stereocenters. The quantitative estimate of drug-likeness (QED) is 0.386. The Morgan fingerprint density at radius 2 is 1.78 bits per heavy atom. The molecule has 3 rings (SSSR count). The van der Waals surface area contributed by atoms with Gasteiger partial charge in [-0.15, -0.1) is 0 Å². The number of thiazole rings is 1. The molecule has 1 unspecified atom stereocenters. The van der Waals surface area contributed by atoms with Crippen LogP contribution in [0.25, 0.3) is 0 Å². The summed E-state index contributed by atoms with van der Waals surface area (Å²) in [7, 11) is 2.03. The molecule has 0 aliphatic heterocycles. The first kappa shape index (κ1) is 19.2. The maximum Gasteiger partial charge on any atom is 0.408 e. The van der Waals surface area contributed by atoms with Crippen LogP contribution in [0.1, 0.15) is 41.1 Å². The van der Waals surface area contributed by atoms with Crippen LogP contribution >= 0.6 is 11.3 Å². The summed E-state index contributed by atoms with van der Waals surface area (Å²) >= 11 is 1.67. The third-order valence-electron chi connectivity index (χ3n) is 4.94. The molecule has 4 nitrogen and oxygen atoms in total. The number of aromatic nitrogens is 1. The molecule has 0 aliphatic rings. The molecule has 0 spiro atoms. The van der Waals surface area contributed by atoms with Crippen molar-refractivity contribution in [3.63, 3.8) is 0 Å². The first-order valence-electron chi connectivity index (χ1n) is 9.29. The van der Waals surface area contributed by atoms with E-state index in [1.54, 1.807) is 11.3 Å². The minimum absolute atomic E-state index is 0.300. The Bertz CT molecular complexity index is 944. The van der Waals surface area contributed by atoms with Gasteiger partial charge in [0, 0.05) is 5.69 Å². The van der Waals surface area contributed by atoms with Gasteiger partial charge in [-0.2, -0.15) is 0 Å². The van der Waals surface area contributed by atoms with Gasteiger partial charge in [0.2, 0.25) is 0 Å². The van der Waals surface area contributed by atoms with E-state index in [-0.39, 0.29) is 0 Å². The molecule has 0 saturated heterocycles. The number of azo groups is 1. The molecule has 140 valence electrons. The summed E-state index contributed by atoms with van der Waals surface area (Å²) < 4.78 is 2.08. The van der Waals surface area contributed by atoms with Crippen LogP contribution in [-0.4, -0.2) is 0 Å². The number of aryl methyl sites for hydroxylation is 2. The number of hydrogen-bond donors (Lipinski definition) is 1. The van der Waals surface area contributed by atoms with Crippen LogP contribution in [0, 0.1) is 20.8 Å². The fourth-order valence-corrected chi connectivity index (χ4v) is 3.92. The lowest BCUT2D eigenvalue weighted by Crippen LogP contribution is -2.28. The zero-order valence-electron chi connectivity index (χ0n) is 16.7. The van der Waals surface area contributed by atoms with E-state index in [2.05, 4.69) is 90.3 Å². The molecular formula is C22H27N4S+. The first-order chi connectivity index (χ1) is 13.0. The van der Waals surface area contributed by atoms with Crippen LogP contribution < -0.4 is 9.88 Å². The fourth-order valence-electron chi connectivity index (χ4n) is 3.01. The summed E-state index contributed by atoms with van der Waals surface area (Å²) in [6.45, 7) is 8.49. The van der Waals surface area contributed by atoms with E-state index in [1.807, 2.05) is 13.1 Å². The van der Waals surface area contributed by atoms with Crippen LogP contribution in [0.15, 0.2) is 58.8 Å². The maximum atomic E-state index is 4.48. The molecule has 27 heavy (non-hydrogen) atoms. The van der Waals surface area contributed by atoms with Crippen LogP contribution in [0.4, 0.5) is 16.5 Å². The SMILES string of the molecule is CCC(Nc1ccc(N=Nc2sc(C)c(C)[n+]2C)c(C)c1)c1ccccc1. The van der Waals surface area contributed by atoms with Gasteiger partial charge in [-0.05, 0) is 73.0 Å². The van der Waals surface area contributed by atoms with E-state index >= 15 is 0 Å². The van der Waals surface area contributed by atoms with Crippen molar-refractivity contribution in [3.8, 4) is 0 Å². The van der Waals surface area contributed by atoms with Crippen LogP contribution in [0.3, 0.4) is 0 Å². The van der Waals surface area contributed by atoms with Gasteiger partial charge in [0.25, 0.3) is 0 Å².